The van der Waals surface area contributed by atoms with Gasteiger partial charge in [-0.25, -0.2) is 0 Å². The molecular weight excluding hydrogens is 583 g/mol. The van der Waals surface area contributed by atoms with Crippen molar-refractivity contribution in [3.05, 3.63) is 63.4 Å². The van der Waals surface area contributed by atoms with Gasteiger partial charge in [0, 0.05) is 82.0 Å². The molecule has 0 N–H and O–H groups in total. The third kappa shape index (κ3) is 4.02. The summed E-state index contributed by atoms with van der Waals surface area (Å²) in [5, 5.41) is 6.87. The maximum atomic E-state index is 13.6. The number of pyridine rings is 1. The number of thiophene rings is 1. The Morgan fingerprint density at radius 3 is 3.00 bits per heavy atom. The number of hydrogen-bond acceptors (Lipinski definition) is 6. The van der Waals surface area contributed by atoms with E-state index in [1.54, 1.807) is 22.4 Å². The van der Waals surface area contributed by atoms with E-state index in [9.17, 15) is 8.78 Å². The lowest BCUT2D eigenvalue weighted by Crippen LogP contribution is -2.37. The average Bonchev–Trinajstić information content (AvgIpc) is 3.48. The molecule has 1 aromatic carbocycles. The van der Waals surface area contributed by atoms with Crippen LogP contribution in [0.15, 0.2) is 40.4 Å². The van der Waals surface area contributed by atoms with Crippen molar-refractivity contribution < 1.29 is 18.0 Å². The molecule has 0 fully saturated rings. The lowest BCUT2D eigenvalue weighted by molar-refractivity contribution is 0.0655. The molecule has 1 unspecified atom stereocenters. The summed E-state index contributed by atoms with van der Waals surface area (Å²) < 4.78 is 37.6. The Morgan fingerprint density at radius 2 is 2.15 bits per heavy atom. The summed E-state index contributed by atoms with van der Waals surface area (Å²) in [6.07, 6.45) is 2.56. The van der Waals surface area contributed by atoms with Crippen LogP contribution >= 0.6 is 45.5 Å². The fourth-order valence-electron chi connectivity index (χ4n) is 4.69. The van der Waals surface area contributed by atoms with E-state index in [2.05, 4.69) is 10.1 Å². The van der Waals surface area contributed by atoms with E-state index in [4.69, 9.17) is 20.9 Å². The lowest BCUT2D eigenvalue weighted by Gasteiger charge is -2.28. The minimum Gasteiger partial charge on any atom is -0.481 e. The third-order valence-corrected chi connectivity index (χ3v) is 7.57. The average molecular weight is 600 g/mol. The van der Waals surface area contributed by atoms with Gasteiger partial charge in [0.15, 0.2) is 11.9 Å². The predicted molar refractivity (Wildman–Crippen MR) is 132 cm³/mol. The molecule has 10 heteroatoms. The first-order valence-corrected chi connectivity index (χ1v) is 12.8. The Hall–Kier alpha value is -1.82. The molecule has 0 aliphatic carbocycles. The van der Waals surface area contributed by atoms with Crippen molar-refractivity contribution in [1.82, 2.24) is 15.0 Å². The normalized spacial score (nSPS) is 18.4. The van der Waals surface area contributed by atoms with Gasteiger partial charge in [-0.2, -0.15) is 8.78 Å². The minimum absolute atomic E-state index is 0.304. The zero-order valence-corrected chi connectivity index (χ0v) is 20.9. The number of rotatable bonds is 4. The van der Waals surface area contributed by atoms with E-state index < -0.39 is 3.93 Å². The number of hydrogen-bond donors (Lipinski definition) is 0. The molecule has 3 aromatic heterocycles. The molecule has 0 amide bonds. The summed E-state index contributed by atoms with van der Waals surface area (Å²) in [6.45, 7) is 0.598. The number of nitrogens with zero attached hydrogens (tertiary/aromatic N) is 3. The summed E-state index contributed by atoms with van der Waals surface area (Å²) >= 11 is 9.30. The van der Waals surface area contributed by atoms with Gasteiger partial charge in [0.05, 0.1) is 22.5 Å². The maximum Gasteiger partial charge on any atom is 0.308 e. The molecule has 33 heavy (non-hydrogen) atoms. The maximum absolute atomic E-state index is 13.6. The van der Waals surface area contributed by atoms with Crippen LogP contribution in [-0.4, -0.2) is 32.1 Å². The molecule has 1 atom stereocenters. The summed E-state index contributed by atoms with van der Waals surface area (Å²) in [5.41, 5.74) is 5.53. The fourth-order valence-corrected chi connectivity index (χ4v) is 6.29. The minimum atomic E-state index is -2.78. The van der Waals surface area contributed by atoms with Crippen molar-refractivity contribution >= 4 is 55.7 Å². The first-order chi connectivity index (χ1) is 15.9. The van der Waals surface area contributed by atoms with Crippen molar-refractivity contribution in [3.8, 4) is 16.9 Å². The summed E-state index contributed by atoms with van der Waals surface area (Å²) in [4.78, 5) is 6.17. The van der Waals surface area contributed by atoms with Gasteiger partial charge >= 0.3 is 3.93 Å². The topological polar surface area (TPSA) is 51.4 Å². The second-order valence-electron chi connectivity index (χ2n) is 8.29. The van der Waals surface area contributed by atoms with Crippen molar-refractivity contribution in [2.24, 2.45) is 0 Å². The zero-order valence-electron chi connectivity index (χ0n) is 17.2. The molecule has 2 aliphatic heterocycles. The fraction of sp³-hybridized carbons (Fsp3) is 0.304. The highest BCUT2D eigenvalue weighted by molar-refractivity contribution is 14.1. The van der Waals surface area contributed by atoms with Gasteiger partial charge in [-0.1, -0.05) is 16.8 Å². The van der Waals surface area contributed by atoms with Gasteiger partial charge in [0.1, 0.15) is 5.75 Å². The van der Waals surface area contributed by atoms with Crippen LogP contribution in [0.25, 0.3) is 21.3 Å². The highest BCUT2D eigenvalue weighted by Crippen LogP contribution is 2.48. The Balaban J connectivity index is 1.35. The quantitative estimate of drug-likeness (QED) is 0.194. The number of alkyl halides is 3. The van der Waals surface area contributed by atoms with Crippen LogP contribution in [0.1, 0.15) is 28.7 Å². The Bertz CT molecular complexity index is 1370. The molecule has 0 saturated heterocycles. The lowest BCUT2D eigenvalue weighted by atomic mass is 9.98. The molecule has 5 heterocycles. The Kier molecular flexibility index (Phi) is 5.35. The van der Waals surface area contributed by atoms with E-state index in [0.717, 1.165) is 43.9 Å². The number of ether oxygens (including phenoxy) is 1. The second-order valence-corrected chi connectivity index (χ2v) is 11.2. The molecule has 2 aliphatic rings. The van der Waals surface area contributed by atoms with Crippen LogP contribution in [-0.2, 0) is 19.4 Å². The van der Waals surface area contributed by atoms with Crippen LogP contribution in [0.2, 0.25) is 5.02 Å². The molecule has 170 valence electrons. The van der Waals surface area contributed by atoms with Crippen LogP contribution in [0.4, 0.5) is 8.78 Å². The van der Waals surface area contributed by atoms with Gasteiger partial charge in [-0.05, 0) is 29.6 Å². The highest BCUT2D eigenvalue weighted by Gasteiger charge is 2.37. The van der Waals surface area contributed by atoms with Crippen LogP contribution in [0.5, 0.6) is 5.75 Å². The molecule has 6 rings (SSSR count). The van der Waals surface area contributed by atoms with E-state index in [-0.39, 0.29) is 12.6 Å². The molecule has 0 radical (unpaired) electrons. The first kappa shape index (κ1) is 21.7. The van der Waals surface area contributed by atoms with Crippen LogP contribution < -0.4 is 4.74 Å². The Morgan fingerprint density at radius 1 is 1.27 bits per heavy atom. The molecule has 0 spiro atoms. The molecule has 0 bridgehead atoms. The zero-order chi connectivity index (χ0) is 22.7. The van der Waals surface area contributed by atoms with Gasteiger partial charge < -0.3 is 9.26 Å². The predicted octanol–water partition coefficient (Wildman–Crippen LogP) is 6.67. The van der Waals surface area contributed by atoms with E-state index >= 15 is 0 Å². The molecular formula is C23H17ClF2IN3O2S. The highest BCUT2D eigenvalue weighted by atomic mass is 127. The second kappa shape index (κ2) is 8.14. The van der Waals surface area contributed by atoms with E-state index in [0.29, 0.717) is 36.7 Å². The van der Waals surface area contributed by atoms with Gasteiger partial charge in [-0.3, -0.25) is 9.88 Å². The Labute approximate surface area is 210 Å². The van der Waals surface area contributed by atoms with Crippen molar-refractivity contribution in [2.45, 2.75) is 29.4 Å². The molecule has 5 nitrogen and oxygen atoms in total. The summed E-state index contributed by atoms with van der Waals surface area (Å²) in [5.74, 6) is 1.38. The van der Waals surface area contributed by atoms with Crippen molar-refractivity contribution in [2.75, 3.05) is 13.1 Å². The number of fused-ring (bicyclic) bond motifs is 3. The van der Waals surface area contributed by atoms with Crippen molar-refractivity contribution in [1.29, 1.82) is 0 Å². The largest absolute Gasteiger partial charge is 0.481 e. The van der Waals surface area contributed by atoms with E-state index in [1.165, 1.54) is 22.6 Å². The SMILES string of the molecule is FC(F)(I)CN1CCc2noc(C3Cc4cc(Cl)cc(-c5ccnc6ccsc56)c4O3)c2C1. The number of benzene rings is 1. The van der Waals surface area contributed by atoms with Gasteiger partial charge in [0.25, 0.3) is 0 Å². The van der Waals surface area contributed by atoms with Crippen LogP contribution in [0.3, 0.4) is 0 Å². The van der Waals surface area contributed by atoms with Gasteiger partial charge in [-0.15, -0.1) is 11.3 Å². The van der Waals surface area contributed by atoms with Gasteiger partial charge in [0.2, 0.25) is 0 Å². The molecule has 0 saturated carbocycles. The monoisotopic (exact) mass is 599 g/mol. The summed E-state index contributed by atoms with van der Waals surface area (Å²) in [6, 6.07) is 7.79. The summed E-state index contributed by atoms with van der Waals surface area (Å²) in [7, 11) is 0. The van der Waals surface area contributed by atoms with Crippen molar-refractivity contribution in [3.63, 3.8) is 0 Å². The molecule has 4 aromatic rings. The smallest absolute Gasteiger partial charge is 0.308 e. The first-order valence-electron chi connectivity index (χ1n) is 10.4. The van der Waals surface area contributed by atoms with E-state index in [1.807, 2.05) is 29.6 Å². The number of aromatic nitrogens is 2. The van der Waals surface area contributed by atoms with Crippen LogP contribution in [0, 0.1) is 0 Å². The number of halogens is 4. The standard InChI is InChI=1S/C23H17ClF2IN3O2S/c24-13-7-12-8-19(21-16-10-30(11-23(25,26)27)5-2-17(16)29-32-21)31-20(12)15(9-13)14-1-4-28-18-3-6-33-22(14)18/h1,3-4,6-7,9,19H,2,5,8,10-11H2. The third-order valence-electron chi connectivity index (χ3n) is 6.07.